The highest BCUT2D eigenvalue weighted by Gasteiger charge is 2.16. The highest BCUT2D eigenvalue weighted by Crippen LogP contribution is 2.16. The number of imidazole rings is 1. The van der Waals surface area contributed by atoms with Gasteiger partial charge in [0.15, 0.2) is 0 Å². The summed E-state index contributed by atoms with van der Waals surface area (Å²) in [5.41, 5.74) is 2.00. The predicted octanol–water partition coefficient (Wildman–Crippen LogP) is 2.93. The van der Waals surface area contributed by atoms with Crippen molar-refractivity contribution in [2.24, 2.45) is 0 Å². The van der Waals surface area contributed by atoms with Gasteiger partial charge in [-0.1, -0.05) is 60.7 Å². The molecule has 2 amide bonds. The summed E-state index contributed by atoms with van der Waals surface area (Å²) in [6.45, 7) is 2.97. The monoisotopic (exact) mass is 376 g/mol. The van der Waals surface area contributed by atoms with Crippen LogP contribution < -0.4 is 10.6 Å². The SMILES string of the molecule is CC(NC(=O)C(=O)NCCCn1ccnc1-c1ccccc1)c1ccccc1. The van der Waals surface area contributed by atoms with E-state index in [2.05, 4.69) is 15.6 Å². The molecular formula is C22H24N4O2. The summed E-state index contributed by atoms with van der Waals surface area (Å²) in [6.07, 6.45) is 4.38. The van der Waals surface area contributed by atoms with E-state index in [4.69, 9.17) is 0 Å². The lowest BCUT2D eigenvalue weighted by atomic mass is 10.1. The van der Waals surface area contributed by atoms with Gasteiger partial charge in [0.25, 0.3) is 0 Å². The lowest BCUT2D eigenvalue weighted by Gasteiger charge is -2.14. The van der Waals surface area contributed by atoms with E-state index in [1.54, 1.807) is 6.20 Å². The zero-order valence-electron chi connectivity index (χ0n) is 15.8. The molecule has 2 N–H and O–H groups in total. The minimum Gasteiger partial charge on any atom is -0.348 e. The molecule has 0 saturated carbocycles. The second-order valence-electron chi connectivity index (χ2n) is 6.53. The van der Waals surface area contributed by atoms with Gasteiger partial charge >= 0.3 is 11.8 Å². The minimum atomic E-state index is -0.621. The van der Waals surface area contributed by atoms with Gasteiger partial charge in [0, 0.05) is 31.0 Å². The number of hydrogen-bond acceptors (Lipinski definition) is 3. The number of aromatic nitrogens is 2. The summed E-state index contributed by atoms with van der Waals surface area (Å²) < 4.78 is 2.04. The molecule has 0 aliphatic rings. The maximum Gasteiger partial charge on any atom is 0.309 e. The van der Waals surface area contributed by atoms with E-state index in [1.165, 1.54) is 0 Å². The van der Waals surface area contributed by atoms with Crippen LogP contribution in [0.3, 0.4) is 0 Å². The Morgan fingerprint density at radius 3 is 2.39 bits per heavy atom. The van der Waals surface area contributed by atoms with E-state index in [1.807, 2.05) is 78.4 Å². The summed E-state index contributed by atoms with van der Waals surface area (Å²) in [7, 11) is 0. The third kappa shape index (κ3) is 5.07. The number of nitrogens with zero attached hydrogens (tertiary/aromatic N) is 2. The van der Waals surface area contributed by atoms with Crippen molar-refractivity contribution in [3.05, 3.63) is 78.6 Å². The summed E-state index contributed by atoms with van der Waals surface area (Å²) in [6, 6.07) is 19.3. The van der Waals surface area contributed by atoms with E-state index in [9.17, 15) is 9.59 Å². The Balaban J connectivity index is 1.44. The van der Waals surface area contributed by atoms with Gasteiger partial charge in [0.1, 0.15) is 5.82 Å². The molecule has 0 radical (unpaired) electrons. The van der Waals surface area contributed by atoms with Gasteiger partial charge in [0.05, 0.1) is 6.04 Å². The van der Waals surface area contributed by atoms with Crippen molar-refractivity contribution in [2.45, 2.75) is 25.9 Å². The highest BCUT2D eigenvalue weighted by molar-refractivity contribution is 6.35. The molecule has 6 nitrogen and oxygen atoms in total. The number of nitrogens with one attached hydrogen (secondary N) is 2. The van der Waals surface area contributed by atoms with Gasteiger partial charge in [-0.3, -0.25) is 9.59 Å². The second kappa shape index (κ2) is 9.50. The van der Waals surface area contributed by atoms with Crippen LogP contribution in [0.25, 0.3) is 11.4 Å². The first-order valence-electron chi connectivity index (χ1n) is 9.35. The Morgan fingerprint density at radius 1 is 1.00 bits per heavy atom. The quantitative estimate of drug-likeness (QED) is 0.492. The van der Waals surface area contributed by atoms with E-state index < -0.39 is 11.8 Å². The first-order valence-corrected chi connectivity index (χ1v) is 9.35. The number of hydrogen-bond donors (Lipinski definition) is 2. The Hall–Kier alpha value is -3.41. The topological polar surface area (TPSA) is 76.0 Å². The summed E-state index contributed by atoms with van der Waals surface area (Å²) in [5.74, 6) is -0.345. The Morgan fingerprint density at radius 2 is 1.68 bits per heavy atom. The van der Waals surface area contributed by atoms with E-state index in [0.29, 0.717) is 19.5 Å². The van der Waals surface area contributed by atoms with Crippen LogP contribution in [0.15, 0.2) is 73.1 Å². The maximum absolute atomic E-state index is 12.1. The summed E-state index contributed by atoms with van der Waals surface area (Å²) in [5, 5.41) is 5.39. The average Bonchev–Trinajstić information content (AvgIpc) is 3.20. The van der Waals surface area contributed by atoms with Gasteiger partial charge in [0.2, 0.25) is 0 Å². The first kappa shape index (κ1) is 19.4. The molecule has 3 aromatic rings. The fourth-order valence-corrected chi connectivity index (χ4v) is 2.96. The summed E-state index contributed by atoms with van der Waals surface area (Å²) in [4.78, 5) is 28.5. The van der Waals surface area contributed by atoms with Crippen molar-refractivity contribution >= 4 is 11.8 Å². The number of aryl methyl sites for hydroxylation is 1. The molecule has 0 saturated heterocycles. The average molecular weight is 376 g/mol. The van der Waals surface area contributed by atoms with Crippen LogP contribution in [0.5, 0.6) is 0 Å². The maximum atomic E-state index is 12.1. The number of carbonyl (C=O) groups is 2. The molecule has 1 atom stereocenters. The van der Waals surface area contributed by atoms with Crippen LogP contribution in [0.1, 0.15) is 24.9 Å². The molecule has 3 rings (SSSR count). The molecule has 0 aliphatic heterocycles. The zero-order chi connectivity index (χ0) is 19.8. The second-order valence-corrected chi connectivity index (χ2v) is 6.53. The van der Waals surface area contributed by atoms with Crippen LogP contribution in [-0.4, -0.2) is 27.9 Å². The number of benzene rings is 2. The first-order chi connectivity index (χ1) is 13.6. The van der Waals surface area contributed by atoms with Gasteiger partial charge in [-0.05, 0) is 18.9 Å². The smallest absolute Gasteiger partial charge is 0.309 e. The van der Waals surface area contributed by atoms with Crippen LogP contribution in [0, 0.1) is 0 Å². The molecule has 0 bridgehead atoms. The lowest BCUT2D eigenvalue weighted by molar-refractivity contribution is -0.139. The highest BCUT2D eigenvalue weighted by atomic mass is 16.2. The van der Waals surface area contributed by atoms with Gasteiger partial charge < -0.3 is 15.2 Å². The van der Waals surface area contributed by atoms with Gasteiger partial charge in [-0.15, -0.1) is 0 Å². The Labute approximate surface area is 164 Å². The van der Waals surface area contributed by atoms with E-state index in [0.717, 1.165) is 17.0 Å². The number of amides is 2. The minimum absolute atomic E-state index is 0.223. The molecule has 0 spiro atoms. The van der Waals surface area contributed by atoms with Crippen molar-refractivity contribution < 1.29 is 9.59 Å². The van der Waals surface area contributed by atoms with Crippen molar-refractivity contribution in [3.63, 3.8) is 0 Å². The van der Waals surface area contributed by atoms with Crippen molar-refractivity contribution in [1.29, 1.82) is 0 Å². The Kier molecular flexibility index (Phi) is 6.57. The molecular weight excluding hydrogens is 352 g/mol. The van der Waals surface area contributed by atoms with Crippen molar-refractivity contribution in [3.8, 4) is 11.4 Å². The third-order valence-corrected chi connectivity index (χ3v) is 4.46. The largest absolute Gasteiger partial charge is 0.348 e. The molecule has 6 heteroatoms. The molecule has 1 unspecified atom stereocenters. The fourth-order valence-electron chi connectivity index (χ4n) is 2.96. The van der Waals surface area contributed by atoms with E-state index >= 15 is 0 Å². The lowest BCUT2D eigenvalue weighted by Crippen LogP contribution is -2.41. The number of carbonyl (C=O) groups excluding carboxylic acids is 2. The van der Waals surface area contributed by atoms with Crippen molar-refractivity contribution in [2.75, 3.05) is 6.54 Å². The van der Waals surface area contributed by atoms with Gasteiger partial charge in [-0.25, -0.2) is 4.98 Å². The van der Waals surface area contributed by atoms with Crippen molar-refractivity contribution in [1.82, 2.24) is 20.2 Å². The summed E-state index contributed by atoms with van der Waals surface area (Å²) >= 11 is 0. The Bertz CT molecular complexity index is 907. The predicted molar refractivity (Wildman–Crippen MR) is 108 cm³/mol. The van der Waals surface area contributed by atoms with Crippen LogP contribution in [-0.2, 0) is 16.1 Å². The fraction of sp³-hybridized carbons (Fsp3) is 0.227. The molecule has 1 aromatic heterocycles. The van der Waals surface area contributed by atoms with Crippen LogP contribution in [0.2, 0.25) is 0 Å². The van der Waals surface area contributed by atoms with E-state index in [-0.39, 0.29) is 6.04 Å². The zero-order valence-corrected chi connectivity index (χ0v) is 15.8. The number of rotatable bonds is 7. The molecule has 28 heavy (non-hydrogen) atoms. The van der Waals surface area contributed by atoms with Crippen LogP contribution in [0.4, 0.5) is 0 Å². The van der Waals surface area contributed by atoms with Crippen LogP contribution >= 0.6 is 0 Å². The third-order valence-electron chi connectivity index (χ3n) is 4.46. The normalized spacial score (nSPS) is 11.6. The molecule has 1 heterocycles. The molecule has 2 aromatic carbocycles. The standard InChI is InChI=1S/C22H24N4O2/c1-17(18-9-4-2-5-10-18)25-22(28)21(27)24-13-8-15-26-16-14-23-20(26)19-11-6-3-7-12-19/h2-7,9-12,14,16-17H,8,13,15H2,1H3,(H,24,27)(H,25,28). The molecule has 144 valence electrons. The van der Waals surface area contributed by atoms with Gasteiger partial charge in [-0.2, -0.15) is 0 Å². The molecule has 0 aliphatic carbocycles. The molecule has 0 fully saturated rings.